The van der Waals surface area contributed by atoms with E-state index in [1.807, 2.05) is 0 Å². The van der Waals surface area contributed by atoms with Gasteiger partial charge in [-0.05, 0) is 31.9 Å². The minimum Gasteiger partial charge on any atom is -0.453 e. The van der Waals surface area contributed by atoms with E-state index in [-0.39, 0.29) is 23.2 Å². The topological polar surface area (TPSA) is 104 Å². The number of nitrogens with one attached hydrogen (secondary N) is 4. The van der Waals surface area contributed by atoms with Crippen LogP contribution in [0.2, 0.25) is 0 Å². The molecule has 0 bridgehead atoms. The summed E-state index contributed by atoms with van der Waals surface area (Å²) in [5, 5.41) is 9.46. The van der Waals surface area contributed by atoms with Gasteiger partial charge in [-0.3, -0.25) is 5.32 Å². The Morgan fingerprint density at radius 2 is 2.12 bits per heavy atom. The van der Waals surface area contributed by atoms with Crippen molar-refractivity contribution in [1.29, 1.82) is 0 Å². The molecule has 1 aliphatic rings. The van der Waals surface area contributed by atoms with Crippen LogP contribution in [-0.2, 0) is 10.9 Å². The molecule has 1 aliphatic heterocycles. The summed E-state index contributed by atoms with van der Waals surface area (Å²) in [4.78, 5) is 22.9. The molecule has 2 aromatic heterocycles. The van der Waals surface area contributed by atoms with Crippen LogP contribution in [0.1, 0.15) is 24.0 Å². The molecule has 1 atom stereocenters. The SMILES string of the molecule is COC(=O)Nc1c(C)ccc2c(-c3nc(N[C@H]4CCCNC4)ncc3C(F)(F)F)c[nH]c12. The van der Waals surface area contributed by atoms with E-state index in [0.29, 0.717) is 23.1 Å². The van der Waals surface area contributed by atoms with Gasteiger partial charge in [0.1, 0.15) is 5.56 Å². The highest BCUT2D eigenvalue weighted by molar-refractivity contribution is 6.05. The molecule has 1 fully saturated rings. The third-order valence-corrected chi connectivity index (χ3v) is 5.46. The summed E-state index contributed by atoms with van der Waals surface area (Å²) in [5.41, 5.74) is 0.708. The van der Waals surface area contributed by atoms with Crippen LogP contribution in [0.3, 0.4) is 0 Å². The van der Waals surface area contributed by atoms with Crippen LogP contribution in [-0.4, -0.2) is 47.3 Å². The molecule has 4 N–H and O–H groups in total. The molecular formula is C21H23F3N6O2. The number of piperidine rings is 1. The van der Waals surface area contributed by atoms with Gasteiger partial charge in [-0.25, -0.2) is 14.8 Å². The van der Waals surface area contributed by atoms with Gasteiger partial charge in [0.2, 0.25) is 5.95 Å². The highest BCUT2D eigenvalue weighted by atomic mass is 19.4. The zero-order valence-electron chi connectivity index (χ0n) is 17.6. The van der Waals surface area contributed by atoms with E-state index >= 15 is 0 Å². The van der Waals surface area contributed by atoms with Gasteiger partial charge in [0.25, 0.3) is 0 Å². The van der Waals surface area contributed by atoms with Crippen molar-refractivity contribution in [2.24, 2.45) is 0 Å². The van der Waals surface area contributed by atoms with Crippen molar-refractivity contribution in [2.45, 2.75) is 32.0 Å². The highest BCUT2D eigenvalue weighted by Gasteiger charge is 2.36. The number of fused-ring (bicyclic) bond motifs is 1. The van der Waals surface area contributed by atoms with E-state index < -0.39 is 17.8 Å². The van der Waals surface area contributed by atoms with Crippen LogP contribution in [0.5, 0.6) is 0 Å². The zero-order chi connectivity index (χ0) is 22.9. The molecule has 0 aliphatic carbocycles. The lowest BCUT2D eigenvalue weighted by Gasteiger charge is -2.24. The number of methoxy groups -OCH3 is 1. The number of aromatic amines is 1. The number of aromatic nitrogens is 3. The van der Waals surface area contributed by atoms with Crippen LogP contribution in [0.15, 0.2) is 24.5 Å². The van der Waals surface area contributed by atoms with Crippen LogP contribution >= 0.6 is 0 Å². The normalized spacial score (nSPS) is 16.7. The lowest BCUT2D eigenvalue weighted by Crippen LogP contribution is -2.38. The Kier molecular flexibility index (Phi) is 5.92. The van der Waals surface area contributed by atoms with Gasteiger partial charge in [-0.2, -0.15) is 13.2 Å². The van der Waals surface area contributed by atoms with Crippen LogP contribution in [0, 0.1) is 6.92 Å². The maximum atomic E-state index is 13.8. The first-order chi connectivity index (χ1) is 15.3. The van der Waals surface area contributed by atoms with Crippen molar-refractivity contribution in [1.82, 2.24) is 20.3 Å². The fourth-order valence-corrected chi connectivity index (χ4v) is 3.84. The Bertz CT molecular complexity index is 1140. The number of amides is 1. The quantitative estimate of drug-likeness (QED) is 0.475. The number of hydrogen-bond acceptors (Lipinski definition) is 6. The molecule has 1 aromatic carbocycles. The maximum absolute atomic E-state index is 13.8. The molecule has 11 heteroatoms. The standard InChI is InChI=1S/C21H23F3N6O2/c1-11-5-6-13-14(9-26-18(13)16(11)30-20(31)32-2)17-15(21(22,23)24)10-27-19(29-17)28-12-4-3-7-25-8-12/h5-6,9-10,12,25-26H,3-4,7-8H2,1-2H3,(H,30,31)(H,27,28,29)/t12-/m0/s1. The van der Waals surface area contributed by atoms with Gasteiger partial charge >= 0.3 is 12.3 Å². The molecule has 3 heterocycles. The Morgan fingerprint density at radius 1 is 1.31 bits per heavy atom. The number of rotatable bonds is 4. The Morgan fingerprint density at radius 3 is 2.81 bits per heavy atom. The molecule has 4 rings (SSSR count). The van der Waals surface area contributed by atoms with E-state index in [1.165, 1.54) is 13.3 Å². The zero-order valence-corrected chi connectivity index (χ0v) is 17.6. The molecule has 8 nitrogen and oxygen atoms in total. The number of benzene rings is 1. The summed E-state index contributed by atoms with van der Waals surface area (Å²) in [6, 6.07) is 3.45. The van der Waals surface area contributed by atoms with E-state index in [4.69, 9.17) is 0 Å². The van der Waals surface area contributed by atoms with Gasteiger partial charge in [-0.1, -0.05) is 12.1 Å². The molecule has 32 heavy (non-hydrogen) atoms. The Hall–Kier alpha value is -3.34. The van der Waals surface area contributed by atoms with Gasteiger partial charge in [0.05, 0.1) is 24.0 Å². The second-order valence-electron chi connectivity index (χ2n) is 7.64. The number of nitrogens with zero attached hydrogens (tertiary/aromatic N) is 2. The number of alkyl halides is 3. The van der Waals surface area contributed by atoms with Gasteiger partial charge < -0.3 is 20.4 Å². The van der Waals surface area contributed by atoms with Gasteiger partial charge in [0.15, 0.2) is 0 Å². The Labute approximate surface area is 182 Å². The molecule has 0 radical (unpaired) electrons. The minimum atomic E-state index is -4.64. The molecular weight excluding hydrogens is 425 g/mol. The lowest BCUT2D eigenvalue weighted by atomic mass is 10.0. The highest BCUT2D eigenvalue weighted by Crippen LogP contribution is 2.40. The summed E-state index contributed by atoms with van der Waals surface area (Å²) in [6.45, 7) is 3.37. The van der Waals surface area contributed by atoms with Gasteiger partial charge in [-0.15, -0.1) is 0 Å². The first-order valence-electron chi connectivity index (χ1n) is 10.2. The first-order valence-corrected chi connectivity index (χ1v) is 10.2. The molecule has 0 spiro atoms. The van der Waals surface area contributed by atoms with Crippen LogP contribution in [0.25, 0.3) is 22.2 Å². The molecule has 1 saturated heterocycles. The van der Waals surface area contributed by atoms with Crippen molar-refractivity contribution in [2.75, 3.05) is 30.8 Å². The third kappa shape index (κ3) is 4.33. The molecule has 3 aromatic rings. The summed E-state index contributed by atoms with van der Waals surface area (Å²) >= 11 is 0. The van der Waals surface area contributed by atoms with Crippen molar-refractivity contribution >= 4 is 28.6 Å². The monoisotopic (exact) mass is 448 g/mol. The Balaban J connectivity index is 1.81. The average Bonchev–Trinajstić information content (AvgIpc) is 3.19. The maximum Gasteiger partial charge on any atom is 0.419 e. The van der Waals surface area contributed by atoms with Crippen molar-refractivity contribution < 1.29 is 22.7 Å². The average molecular weight is 448 g/mol. The second-order valence-corrected chi connectivity index (χ2v) is 7.64. The number of halogens is 3. The van der Waals surface area contributed by atoms with Crippen LogP contribution < -0.4 is 16.0 Å². The summed E-state index contributed by atoms with van der Waals surface area (Å²) in [6.07, 6.45) is -1.22. The summed E-state index contributed by atoms with van der Waals surface area (Å²) in [5.74, 6) is 0.135. The summed E-state index contributed by atoms with van der Waals surface area (Å²) in [7, 11) is 1.23. The second kappa shape index (κ2) is 8.65. The van der Waals surface area contributed by atoms with Crippen molar-refractivity contribution in [3.05, 3.63) is 35.7 Å². The largest absolute Gasteiger partial charge is 0.453 e. The first kappa shape index (κ1) is 21.9. The lowest BCUT2D eigenvalue weighted by molar-refractivity contribution is -0.137. The fraction of sp³-hybridized carbons (Fsp3) is 0.381. The predicted molar refractivity (Wildman–Crippen MR) is 115 cm³/mol. The number of carbonyl (C=O) groups excluding carboxylic acids is 1. The van der Waals surface area contributed by atoms with Crippen molar-refractivity contribution in [3.8, 4) is 11.3 Å². The number of carbonyl (C=O) groups is 1. The van der Waals surface area contributed by atoms with Gasteiger partial charge in [0, 0.05) is 35.9 Å². The smallest absolute Gasteiger partial charge is 0.419 e. The minimum absolute atomic E-state index is 0.0369. The number of anilines is 2. The van der Waals surface area contributed by atoms with E-state index in [2.05, 4.69) is 35.6 Å². The molecule has 0 saturated carbocycles. The molecule has 1 amide bonds. The molecule has 170 valence electrons. The number of ether oxygens (including phenoxy) is 1. The number of aryl methyl sites for hydroxylation is 1. The number of hydrogen-bond donors (Lipinski definition) is 4. The van der Waals surface area contributed by atoms with Crippen LogP contribution in [0.4, 0.5) is 29.6 Å². The predicted octanol–water partition coefficient (Wildman–Crippen LogP) is 4.29. The van der Waals surface area contributed by atoms with E-state index in [1.54, 1.807) is 19.1 Å². The third-order valence-electron chi connectivity index (χ3n) is 5.46. The fourth-order valence-electron chi connectivity index (χ4n) is 3.84. The van der Waals surface area contributed by atoms with Crippen molar-refractivity contribution in [3.63, 3.8) is 0 Å². The van der Waals surface area contributed by atoms with E-state index in [0.717, 1.165) is 31.1 Å². The van der Waals surface area contributed by atoms with E-state index in [9.17, 15) is 18.0 Å². The number of H-pyrrole nitrogens is 1. The summed E-state index contributed by atoms with van der Waals surface area (Å²) < 4.78 is 46.0. The molecule has 0 unspecified atom stereocenters.